The maximum absolute atomic E-state index is 10.1. The van der Waals surface area contributed by atoms with Crippen LogP contribution in [0.4, 0.5) is 0 Å². The molecule has 42 valence electrons. The van der Waals surface area contributed by atoms with Gasteiger partial charge in [0.05, 0.1) is 0 Å². The van der Waals surface area contributed by atoms with Crippen molar-refractivity contribution in [3.05, 3.63) is 0 Å². The average molecular weight is 103 g/mol. The first-order valence-corrected chi connectivity index (χ1v) is 1.82. The summed E-state index contributed by atoms with van der Waals surface area (Å²) in [5, 5.41) is 0. The zero-order chi connectivity index (χ0) is 6.08. The summed E-state index contributed by atoms with van der Waals surface area (Å²) in [6, 6.07) is 0. The highest BCUT2D eigenvalue weighted by Gasteiger charge is 2.16. The third kappa shape index (κ3) is 2.27. The Morgan fingerprint density at radius 3 is 1.57 bits per heavy atom. The van der Waals surface area contributed by atoms with Crippen LogP contribution in [0.25, 0.3) is 0 Å². The van der Waals surface area contributed by atoms with E-state index in [4.69, 9.17) is 17.2 Å². The molecule has 4 heteroatoms. The van der Waals surface area contributed by atoms with Gasteiger partial charge in [0.25, 0.3) is 0 Å². The van der Waals surface area contributed by atoms with Gasteiger partial charge in [0.2, 0.25) is 0 Å². The summed E-state index contributed by atoms with van der Waals surface area (Å²) < 4.78 is 0. The molecule has 0 aromatic rings. The monoisotopic (exact) mass is 103 g/mol. The molecule has 0 saturated heterocycles. The van der Waals surface area contributed by atoms with Gasteiger partial charge in [-0.3, -0.25) is 22.0 Å². The van der Waals surface area contributed by atoms with Gasteiger partial charge in [-0.05, 0) is 6.92 Å². The van der Waals surface area contributed by atoms with Crippen LogP contribution in [0, 0.1) is 0 Å². The van der Waals surface area contributed by atoms with Crippen LogP contribution < -0.4 is 17.2 Å². The molecular formula is C3H9N3O. The van der Waals surface area contributed by atoms with E-state index in [1.54, 1.807) is 0 Å². The lowest BCUT2D eigenvalue weighted by atomic mass is 10.3. The first-order chi connectivity index (χ1) is 2.94. The average Bonchev–Trinajstić information content (AvgIpc) is 1.31. The summed E-state index contributed by atoms with van der Waals surface area (Å²) in [7, 11) is 0. The molecule has 0 amide bonds. The molecule has 0 aromatic heterocycles. The minimum atomic E-state index is -1.64. The maximum Gasteiger partial charge on any atom is 0.178 e. The number of rotatable bonds is 1. The molecule has 0 atom stereocenters. The fourth-order valence-corrected chi connectivity index (χ4v) is 0. The van der Waals surface area contributed by atoms with Crippen LogP contribution in [0.3, 0.4) is 0 Å². The number of nitrogens with two attached hydrogens (primary N) is 3. The fraction of sp³-hybridized carbons (Fsp3) is 0.667. The standard InChI is InChI=1S/C3H9N3O/c1-2(7)3(4,5)6/h4-6H2,1H3. The molecule has 0 aromatic carbocycles. The van der Waals surface area contributed by atoms with Crippen LogP contribution in [0.1, 0.15) is 6.92 Å². The molecule has 0 rings (SSSR count). The van der Waals surface area contributed by atoms with Crippen molar-refractivity contribution < 1.29 is 4.79 Å². The Morgan fingerprint density at radius 1 is 1.43 bits per heavy atom. The van der Waals surface area contributed by atoms with E-state index in [0.29, 0.717) is 0 Å². The first kappa shape index (κ1) is 6.55. The van der Waals surface area contributed by atoms with Gasteiger partial charge in [-0.15, -0.1) is 0 Å². The number of carbonyl (C=O) groups is 1. The van der Waals surface area contributed by atoms with Crippen molar-refractivity contribution in [2.45, 2.75) is 12.7 Å². The smallest absolute Gasteiger partial charge is 0.178 e. The van der Waals surface area contributed by atoms with E-state index < -0.39 is 11.6 Å². The third-order valence-electron chi connectivity index (χ3n) is 0.610. The van der Waals surface area contributed by atoms with E-state index in [0.717, 1.165) is 0 Å². The summed E-state index contributed by atoms with van der Waals surface area (Å²) in [4.78, 5) is 10.1. The van der Waals surface area contributed by atoms with Crippen LogP contribution in [0.2, 0.25) is 0 Å². The second kappa shape index (κ2) is 1.57. The zero-order valence-electron chi connectivity index (χ0n) is 4.14. The van der Waals surface area contributed by atoms with Gasteiger partial charge in [-0.25, -0.2) is 0 Å². The van der Waals surface area contributed by atoms with Gasteiger partial charge in [-0.2, -0.15) is 0 Å². The largest absolute Gasteiger partial charge is 0.295 e. The highest BCUT2D eigenvalue weighted by atomic mass is 16.1. The quantitative estimate of drug-likeness (QED) is 0.338. The summed E-state index contributed by atoms with van der Waals surface area (Å²) in [5.41, 5.74) is 14.7. The Kier molecular flexibility index (Phi) is 1.47. The number of ketones is 1. The minimum Gasteiger partial charge on any atom is -0.295 e. The van der Waals surface area contributed by atoms with Crippen molar-refractivity contribution in [2.24, 2.45) is 17.2 Å². The molecule has 0 unspecified atom stereocenters. The van der Waals surface area contributed by atoms with Gasteiger partial charge >= 0.3 is 0 Å². The molecule has 0 aliphatic heterocycles. The Bertz CT molecular complexity index is 82.7. The van der Waals surface area contributed by atoms with Crippen molar-refractivity contribution in [1.29, 1.82) is 0 Å². The van der Waals surface area contributed by atoms with E-state index in [1.165, 1.54) is 6.92 Å². The van der Waals surface area contributed by atoms with Crippen molar-refractivity contribution in [3.63, 3.8) is 0 Å². The predicted molar refractivity (Wildman–Crippen MR) is 26.0 cm³/mol. The Morgan fingerprint density at radius 2 is 1.57 bits per heavy atom. The Balaban J connectivity index is 3.79. The van der Waals surface area contributed by atoms with Crippen LogP contribution in [-0.2, 0) is 4.79 Å². The number of hydrogen-bond acceptors (Lipinski definition) is 4. The normalized spacial score (nSPS) is 11.4. The second-order valence-electron chi connectivity index (χ2n) is 1.49. The van der Waals surface area contributed by atoms with Crippen LogP contribution in [0.15, 0.2) is 0 Å². The summed E-state index contributed by atoms with van der Waals surface area (Å²) in [6.07, 6.45) is 0. The summed E-state index contributed by atoms with van der Waals surface area (Å²) in [5.74, 6) is -2.06. The van der Waals surface area contributed by atoms with Gasteiger partial charge < -0.3 is 0 Å². The molecule has 6 N–H and O–H groups in total. The molecule has 0 fully saturated rings. The molecule has 7 heavy (non-hydrogen) atoms. The molecule has 0 saturated carbocycles. The summed E-state index contributed by atoms with van der Waals surface area (Å²) in [6.45, 7) is 1.24. The molecular weight excluding hydrogens is 94.1 g/mol. The number of Topliss-reactive ketones (excluding diaryl/α,β-unsaturated/α-hetero) is 1. The van der Waals surface area contributed by atoms with Crippen molar-refractivity contribution >= 4 is 5.78 Å². The van der Waals surface area contributed by atoms with Crippen molar-refractivity contribution in [1.82, 2.24) is 0 Å². The highest BCUT2D eigenvalue weighted by molar-refractivity contribution is 5.84. The van der Waals surface area contributed by atoms with Gasteiger partial charge in [0.1, 0.15) is 0 Å². The minimum absolute atomic E-state index is 0.424. The van der Waals surface area contributed by atoms with E-state index in [1.807, 2.05) is 0 Å². The second-order valence-corrected chi connectivity index (χ2v) is 1.49. The van der Waals surface area contributed by atoms with Crippen LogP contribution >= 0.6 is 0 Å². The fourth-order valence-electron chi connectivity index (χ4n) is 0. The summed E-state index contributed by atoms with van der Waals surface area (Å²) >= 11 is 0. The molecule has 0 heterocycles. The van der Waals surface area contributed by atoms with Crippen LogP contribution in [0.5, 0.6) is 0 Å². The van der Waals surface area contributed by atoms with E-state index in [9.17, 15) is 4.79 Å². The highest BCUT2D eigenvalue weighted by Crippen LogP contribution is 1.75. The number of carbonyl (C=O) groups excluding carboxylic acids is 1. The van der Waals surface area contributed by atoms with Gasteiger partial charge in [0, 0.05) is 0 Å². The molecule has 0 aliphatic carbocycles. The van der Waals surface area contributed by atoms with Crippen molar-refractivity contribution in [2.75, 3.05) is 0 Å². The predicted octanol–water partition coefficient (Wildman–Crippen LogP) is -1.89. The van der Waals surface area contributed by atoms with E-state index >= 15 is 0 Å². The Hall–Kier alpha value is -0.450. The van der Waals surface area contributed by atoms with Crippen LogP contribution in [-0.4, -0.2) is 11.6 Å². The van der Waals surface area contributed by atoms with Gasteiger partial charge in [-0.1, -0.05) is 0 Å². The molecule has 4 nitrogen and oxygen atoms in total. The zero-order valence-corrected chi connectivity index (χ0v) is 4.14. The lowest BCUT2D eigenvalue weighted by Crippen LogP contribution is -2.63. The lowest BCUT2D eigenvalue weighted by Gasteiger charge is -2.12. The SMILES string of the molecule is CC(=O)C(N)(N)N. The van der Waals surface area contributed by atoms with Crippen molar-refractivity contribution in [3.8, 4) is 0 Å². The lowest BCUT2D eigenvalue weighted by molar-refractivity contribution is -0.121. The molecule has 0 spiro atoms. The molecule has 0 radical (unpaired) electrons. The third-order valence-corrected chi connectivity index (χ3v) is 0.610. The molecule has 0 bridgehead atoms. The number of hydrogen-bond donors (Lipinski definition) is 3. The Labute approximate surface area is 41.7 Å². The van der Waals surface area contributed by atoms with E-state index in [2.05, 4.69) is 0 Å². The first-order valence-electron chi connectivity index (χ1n) is 1.82. The maximum atomic E-state index is 10.1. The molecule has 0 aliphatic rings. The topological polar surface area (TPSA) is 95.1 Å². The van der Waals surface area contributed by atoms with E-state index in [-0.39, 0.29) is 0 Å². The van der Waals surface area contributed by atoms with Gasteiger partial charge in [0.15, 0.2) is 11.6 Å².